The molecule has 0 aromatic heterocycles. The summed E-state index contributed by atoms with van der Waals surface area (Å²) < 4.78 is 0. The zero-order valence-electron chi connectivity index (χ0n) is 12.6. The summed E-state index contributed by atoms with van der Waals surface area (Å²) in [6.45, 7) is 3.76. The maximum Gasteiger partial charge on any atom is 0.233 e. The zero-order chi connectivity index (χ0) is 17.0. The van der Waals surface area contributed by atoms with Gasteiger partial charge >= 0.3 is 0 Å². The predicted octanol–water partition coefficient (Wildman–Crippen LogP) is 6.00. The molecule has 0 spiro atoms. The van der Waals surface area contributed by atoms with Crippen molar-refractivity contribution in [3.05, 3.63) is 63.1 Å². The van der Waals surface area contributed by atoms with Gasteiger partial charge in [0.05, 0.1) is 11.3 Å². The molecule has 1 N–H and O–H groups in total. The van der Waals surface area contributed by atoms with Crippen LogP contribution in [-0.4, -0.2) is 11.2 Å². The van der Waals surface area contributed by atoms with Crippen LogP contribution >= 0.6 is 46.6 Å². The Bertz CT molecular complexity index is 691. The molecule has 0 aliphatic carbocycles. The van der Waals surface area contributed by atoms with Gasteiger partial charge in [0, 0.05) is 20.0 Å². The molecule has 0 fully saturated rings. The van der Waals surface area contributed by atoms with Crippen LogP contribution in [0.4, 0.5) is 0 Å². The Morgan fingerprint density at radius 3 is 2.22 bits per heavy atom. The molecule has 122 valence electrons. The zero-order valence-corrected chi connectivity index (χ0v) is 15.7. The molecule has 0 bridgehead atoms. The van der Waals surface area contributed by atoms with Crippen molar-refractivity contribution < 1.29 is 4.79 Å². The number of amides is 1. The van der Waals surface area contributed by atoms with E-state index >= 15 is 0 Å². The molecule has 2 atom stereocenters. The fourth-order valence-electron chi connectivity index (χ4n) is 2.03. The smallest absolute Gasteiger partial charge is 0.233 e. The van der Waals surface area contributed by atoms with Gasteiger partial charge in [-0.15, -0.1) is 11.8 Å². The summed E-state index contributed by atoms with van der Waals surface area (Å²) in [7, 11) is 0. The number of hydrogen-bond donors (Lipinski definition) is 1. The van der Waals surface area contributed by atoms with Gasteiger partial charge in [0.25, 0.3) is 0 Å². The SMILES string of the molecule is C[C@@H](Sc1ccc(Cl)cc1)C(=O)N[C@H](C)c1ccc(Cl)cc1Cl. The van der Waals surface area contributed by atoms with Crippen molar-refractivity contribution >= 4 is 52.5 Å². The lowest BCUT2D eigenvalue weighted by Gasteiger charge is -2.19. The van der Waals surface area contributed by atoms with E-state index < -0.39 is 0 Å². The van der Waals surface area contributed by atoms with Gasteiger partial charge in [-0.05, 0) is 55.8 Å². The summed E-state index contributed by atoms with van der Waals surface area (Å²) in [4.78, 5) is 13.3. The van der Waals surface area contributed by atoms with Crippen LogP contribution in [0.25, 0.3) is 0 Å². The van der Waals surface area contributed by atoms with E-state index in [0.29, 0.717) is 15.1 Å². The third-order valence-electron chi connectivity index (χ3n) is 3.28. The van der Waals surface area contributed by atoms with Gasteiger partial charge in [-0.1, -0.05) is 40.9 Å². The molecule has 0 saturated carbocycles. The van der Waals surface area contributed by atoms with Crippen LogP contribution in [0.1, 0.15) is 25.5 Å². The molecule has 0 unspecified atom stereocenters. The lowest BCUT2D eigenvalue weighted by atomic mass is 10.1. The number of benzene rings is 2. The summed E-state index contributed by atoms with van der Waals surface area (Å²) in [6, 6.07) is 12.5. The molecule has 2 aromatic rings. The Labute approximate surface area is 155 Å². The summed E-state index contributed by atoms with van der Waals surface area (Å²) in [5, 5.41) is 4.54. The largest absolute Gasteiger partial charge is 0.349 e. The molecule has 2 aromatic carbocycles. The van der Waals surface area contributed by atoms with E-state index in [0.717, 1.165) is 10.5 Å². The van der Waals surface area contributed by atoms with Gasteiger partial charge in [0.15, 0.2) is 0 Å². The van der Waals surface area contributed by atoms with E-state index in [9.17, 15) is 4.79 Å². The van der Waals surface area contributed by atoms with Gasteiger partial charge in [-0.2, -0.15) is 0 Å². The number of thioether (sulfide) groups is 1. The standard InChI is InChI=1S/C17H16Cl3NOS/c1-10(15-8-5-13(19)9-16(15)20)21-17(22)11(2)23-14-6-3-12(18)4-7-14/h3-11H,1-2H3,(H,21,22)/t10-,11-/m1/s1. The fourth-order valence-corrected chi connectivity index (χ4v) is 3.61. The van der Waals surface area contributed by atoms with Crippen LogP contribution in [0.3, 0.4) is 0 Å². The molecular formula is C17H16Cl3NOS. The highest BCUT2D eigenvalue weighted by Crippen LogP contribution is 2.28. The summed E-state index contributed by atoms with van der Waals surface area (Å²) in [6.07, 6.45) is 0. The van der Waals surface area contributed by atoms with Crippen LogP contribution in [0.5, 0.6) is 0 Å². The number of halogens is 3. The molecule has 0 aliphatic heterocycles. The normalized spacial score (nSPS) is 13.4. The van der Waals surface area contributed by atoms with Gasteiger partial charge in [0.2, 0.25) is 5.91 Å². The molecule has 0 aliphatic rings. The number of carbonyl (C=O) groups excluding carboxylic acids is 1. The number of carbonyl (C=O) groups is 1. The molecule has 2 nitrogen and oxygen atoms in total. The lowest BCUT2D eigenvalue weighted by molar-refractivity contribution is -0.120. The van der Waals surface area contributed by atoms with Gasteiger partial charge in [-0.3, -0.25) is 4.79 Å². The van der Waals surface area contributed by atoms with E-state index in [1.165, 1.54) is 11.8 Å². The van der Waals surface area contributed by atoms with Crippen molar-refractivity contribution in [1.82, 2.24) is 5.32 Å². The molecule has 0 radical (unpaired) electrons. The van der Waals surface area contributed by atoms with Crippen molar-refractivity contribution in [3.8, 4) is 0 Å². The van der Waals surface area contributed by atoms with Crippen LogP contribution in [0.15, 0.2) is 47.4 Å². The number of nitrogens with one attached hydrogen (secondary N) is 1. The van der Waals surface area contributed by atoms with Crippen LogP contribution in [0.2, 0.25) is 15.1 Å². The third-order valence-corrected chi connectivity index (χ3v) is 5.21. The third kappa shape index (κ3) is 5.32. The number of hydrogen-bond acceptors (Lipinski definition) is 2. The Morgan fingerprint density at radius 2 is 1.61 bits per heavy atom. The van der Waals surface area contributed by atoms with Crippen LogP contribution < -0.4 is 5.32 Å². The Morgan fingerprint density at radius 1 is 1.00 bits per heavy atom. The minimum absolute atomic E-state index is 0.0523. The molecular weight excluding hydrogens is 373 g/mol. The highest BCUT2D eigenvalue weighted by molar-refractivity contribution is 8.00. The maximum absolute atomic E-state index is 12.3. The van der Waals surface area contributed by atoms with E-state index in [1.807, 2.05) is 44.2 Å². The highest BCUT2D eigenvalue weighted by Gasteiger charge is 2.18. The molecule has 2 rings (SSSR count). The lowest BCUT2D eigenvalue weighted by Crippen LogP contribution is -2.33. The topological polar surface area (TPSA) is 29.1 Å². The maximum atomic E-state index is 12.3. The Kier molecular flexibility index (Phi) is 6.66. The van der Waals surface area contributed by atoms with E-state index in [4.69, 9.17) is 34.8 Å². The van der Waals surface area contributed by atoms with E-state index in [2.05, 4.69) is 5.32 Å². The van der Waals surface area contributed by atoms with Crippen molar-refractivity contribution in [1.29, 1.82) is 0 Å². The second-order valence-electron chi connectivity index (χ2n) is 5.11. The highest BCUT2D eigenvalue weighted by atomic mass is 35.5. The summed E-state index contributed by atoms with van der Waals surface area (Å²) in [5.41, 5.74) is 0.841. The monoisotopic (exact) mass is 387 g/mol. The molecule has 0 heterocycles. The van der Waals surface area contributed by atoms with Gasteiger partial charge < -0.3 is 5.32 Å². The Balaban J connectivity index is 1.98. The van der Waals surface area contributed by atoms with Crippen molar-refractivity contribution in [2.45, 2.75) is 30.0 Å². The second kappa shape index (κ2) is 8.29. The molecule has 6 heteroatoms. The first-order chi connectivity index (χ1) is 10.9. The first-order valence-corrected chi connectivity index (χ1v) is 9.05. The second-order valence-corrected chi connectivity index (χ2v) is 7.80. The summed E-state index contributed by atoms with van der Waals surface area (Å²) in [5.74, 6) is -0.0523. The number of rotatable bonds is 5. The molecule has 23 heavy (non-hydrogen) atoms. The average molecular weight is 389 g/mol. The Hall–Kier alpha value is -0.870. The van der Waals surface area contributed by atoms with E-state index in [-0.39, 0.29) is 17.2 Å². The van der Waals surface area contributed by atoms with Crippen molar-refractivity contribution in [3.63, 3.8) is 0 Å². The first-order valence-electron chi connectivity index (χ1n) is 7.04. The predicted molar refractivity (Wildman–Crippen MR) is 99.8 cm³/mol. The van der Waals surface area contributed by atoms with Crippen molar-refractivity contribution in [2.75, 3.05) is 0 Å². The minimum Gasteiger partial charge on any atom is -0.349 e. The van der Waals surface area contributed by atoms with Crippen LogP contribution in [0, 0.1) is 0 Å². The van der Waals surface area contributed by atoms with Crippen LogP contribution in [-0.2, 0) is 4.79 Å². The van der Waals surface area contributed by atoms with Gasteiger partial charge in [0.1, 0.15) is 0 Å². The average Bonchev–Trinajstić information content (AvgIpc) is 2.49. The quantitative estimate of drug-likeness (QED) is 0.636. The van der Waals surface area contributed by atoms with Crippen molar-refractivity contribution in [2.24, 2.45) is 0 Å². The fraction of sp³-hybridized carbons (Fsp3) is 0.235. The molecule has 0 saturated heterocycles. The first kappa shape index (κ1) is 18.5. The van der Waals surface area contributed by atoms with Gasteiger partial charge in [-0.25, -0.2) is 0 Å². The summed E-state index contributed by atoms with van der Waals surface area (Å²) >= 11 is 19.4. The van der Waals surface area contributed by atoms with E-state index in [1.54, 1.807) is 12.1 Å². The molecule has 1 amide bonds. The minimum atomic E-state index is -0.232.